The minimum atomic E-state index is -0.722. The van der Waals surface area contributed by atoms with Crippen LogP contribution in [-0.2, 0) is 4.79 Å². The molecule has 3 heteroatoms. The maximum atomic E-state index is 10.6. The van der Waals surface area contributed by atoms with Crippen molar-refractivity contribution in [1.29, 1.82) is 0 Å². The van der Waals surface area contributed by atoms with E-state index in [1.54, 1.807) is 0 Å². The van der Waals surface area contributed by atoms with Gasteiger partial charge in [0.1, 0.15) is 0 Å². The van der Waals surface area contributed by atoms with Crippen LogP contribution >= 0.6 is 0 Å². The summed E-state index contributed by atoms with van der Waals surface area (Å²) in [6, 6.07) is 0. The molecule has 0 aliphatic heterocycles. The van der Waals surface area contributed by atoms with E-state index in [1.165, 1.54) is 0 Å². The van der Waals surface area contributed by atoms with Crippen LogP contribution in [0.3, 0.4) is 0 Å². The van der Waals surface area contributed by atoms with Gasteiger partial charge in [-0.05, 0) is 32.2 Å². The number of carboxylic acids is 1. The van der Waals surface area contributed by atoms with Crippen molar-refractivity contribution in [2.45, 2.75) is 38.6 Å². The van der Waals surface area contributed by atoms with Crippen molar-refractivity contribution < 1.29 is 9.90 Å². The van der Waals surface area contributed by atoms with Crippen molar-refractivity contribution in [3.8, 4) is 0 Å². The van der Waals surface area contributed by atoms with Crippen molar-refractivity contribution in [1.82, 2.24) is 5.32 Å². The Morgan fingerprint density at radius 3 is 2.42 bits per heavy atom. The van der Waals surface area contributed by atoms with Crippen LogP contribution in [0, 0.1) is 5.41 Å². The van der Waals surface area contributed by atoms with Gasteiger partial charge in [-0.2, -0.15) is 0 Å². The van der Waals surface area contributed by atoms with Gasteiger partial charge < -0.3 is 10.4 Å². The highest BCUT2D eigenvalue weighted by atomic mass is 16.4. The van der Waals surface area contributed by atoms with E-state index >= 15 is 0 Å². The van der Waals surface area contributed by atoms with Crippen LogP contribution in [0.2, 0.25) is 0 Å². The fraction of sp³-hybridized carbons (Fsp3) is 0.889. The Morgan fingerprint density at radius 2 is 2.17 bits per heavy atom. The van der Waals surface area contributed by atoms with Crippen molar-refractivity contribution in [2.24, 2.45) is 5.41 Å². The lowest BCUT2D eigenvalue weighted by Crippen LogP contribution is -2.48. The lowest BCUT2D eigenvalue weighted by Gasteiger charge is -2.34. The molecule has 0 spiro atoms. The molecule has 0 saturated heterocycles. The molecule has 2 N–H and O–H groups in total. The highest BCUT2D eigenvalue weighted by Crippen LogP contribution is 2.54. The van der Waals surface area contributed by atoms with Crippen LogP contribution in [0.5, 0.6) is 0 Å². The smallest absolute Gasteiger partial charge is 0.305 e. The molecule has 0 aromatic carbocycles. The summed E-state index contributed by atoms with van der Waals surface area (Å²) < 4.78 is 0. The molecule has 1 fully saturated rings. The zero-order chi connectivity index (χ0) is 9.41. The molecule has 1 aliphatic rings. The first-order valence-electron chi connectivity index (χ1n) is 4.34. The van der Waals surface area contributed by atoms with E-state index in [0.717, 1.165) is 12.8 Å². The maximum absolute atomic E-state index is 10.6. The van der Waals surface area contributed by atoms with E-state index in [0.29, 0.717) is 0 Å². The number of carboxylic acid groups (broad SMARTS) is 1. The van der Waals surface area contributed by atoms with Gasteiger partial charge in [0, 0.05) is 5.54 Å². The van der Waals surface area contributed by atoms with Crippen LogP contribution < -0.4 is 5.32 Å². The van der Waals surface area contributed by atoms with Gasteiger partial charge in [0.2, 0.25) is 0 Å². The normalized spacial score (nSPS) is 24.6. The number of aliphatic carboxylic acids is 1. The first-order chi connectivity index (χ1) is 5.43. The fourth-order valence-electron chi connectivity index (χ4n) is 1.65. The third kappa shape index (κ3) is 1.46. The van der Waals surface area contributed by atoms with Gasteiger partial charge in [-0.3, -0.25) is 4.79 Å². The molecule has 1 rings (SSSR count). The zero-order valence-electron chi connectivity index (χ0n) is 7.98. The molecule has 0 amide bonds. The molecule has 0 bridgehead atoms. The molecule has 0 radical (unpaired) electrons. The molecule has 1 atom stereocenters. The number of carbonyl (C=O) groups is 1. The van der Waals surface area contributed by atoms with Crippen molar-refractivity contribution in [2.75, 3.05) is 7.05 Å². The Morgan fingerprint density at radius 1 is 1.67 bits per heavy atom. The largest absolute Gasteiger partial charge is 0.481 e. The Labute approximate surface area is 73.2 Å². The summed E-state index contributed by atoms with van der Waals surface area (Å²) in [6.07, 6.45) is 2.48. The lowest BCUT2D eigenvalue weighted by atomic mass is 9.81. The van der Waals surface area contributed by atoms with Crippen LogP contribution in [0.25, 0.3) is 0 Å². The van der Waals surface area contributed by atoms with E-state index < -0.39 is 5.97 Å². The summed E-state index contributed by atoms with van der Waals surface area (Å²) in [4.78, 5) is 10.6. The van der Waals surface area contributed by atoms with Crippen LogP contribution in [0.15, 0.2) is 0 Å². The monoisotopic (exact) mass is 171 g/mol. The minimum absolute atomic E-state index is 0.195. The summed E-state index contributed by atoms with van der Waals surface area (Å²) in [7, 11) is 1.84. The van der Waals surface area contributed by atoms with E-state index in [2.05, 4.69) is 12.2 Å². The molecular weight excluding hydrogens is 154 g/mol. The van der Waals surface area contributed by atoms with Crippen molar-refractivity contribution >= 4 is 5.97 Å². The first-order valence-corrected chi connectivity index (χ1v) is 4.34. The molecule has 0 aromatic rings. The predicted molar refractivity (Wildman–Crippen MR) is 47.1 cm³/mol. The Hall–Kier alpha value is -0.570. The third-order valence-corrected chi connectivity index (χ3v) is 3.39. The van der Waals surface area contributed by atoms with Gasteiger partial charge in [-0.25, -0.2) is 0 Å². The van der Waals surface area contributed by atoms with Gasteiger partial charge >= 0.3 is 5.97 Å². The molecule has 0 heterocycles. The topological polar surface area (TPSA) is 49.3 Å². The van der Waals surface area contributed by atoms with E-state index in [4.69, 9.17) is 5.11 Å². The average molecular weight is 171 g/mol. The number of nitrogens with one attached hydrogen (secondary N) is 1. The highest BCUT2D eigenvalue weighted by Gasteiger charge is 2.52. The SMILES string of the molecule is CNC(C)(CC(=O)O)C1(C)CC1. The summed E-state index contributed by atoms with van der Waals surface area (Å²) in [5.41, 5.74) is -0.0427. The van der Waals surface area contributed by atoms with Crippen molar-refractivity contribution in [3.63, 3.8) is 0 Å². The minimum Gasteiger partial charge on any atom is -0.481 e. The van der Waals surface area contributed by atoms with E-state index in [9.17, 15) is 4.79 Å². The quantitative estimate of drug-likeness (QED) is 0.669. The molecule has 70 valence electrons. The Balaban J connectivity index is 2.68. The number of hydrogen-bond donors (Lipinski definition) is 2. The molecule has 12 heavy (non-hydrogen) atoms. The third-order valence-electron chi connectivity index (χ3n) is 3.39. The fourth-order valence-corrected chi connectivity index (χ4v) is 1.65. The standard InChI is InChI=1S/C9H17NO2/c1-8(4-5-8)9(2,10-3)6-7(11)12/h10H,4-6H2,1-3H3,(H,11,12). The second-order valence-corrected chi connectivity index (χ2v) is 4.21. The van der Waals surface area contributed by atoms with Crippen molar-refractivity contribution in [3.05, 3.63) is 0 Å². The summed E-state index contributed by atoms with van der Waals surface area (Å²) in [5, 5.41) is 11.9. The van der Waals surface area contributed by atoms with Gasteiger partial charge in [-0.15, -0.1) is 0 Å². The second kappa shape index (κ2) is 2.73. The zero-order valence-corrected chi connectivity index (χ0v) is 7.98. The molecule has 1 saturated carbocycles. The first kappa shape index (κ1) is 9.52. The highest BCUT2D eigenvalue weighted by molar-refractivity contribution is 5.68. The van der Waals surface area contributed by atoms with E-state index in [1.807, 2.05) is 14.0 Å². The molecular formula is C9H17NO2. The lowest BCUT2D eigenvalue weighted by molar-refractivity contribution is -0.139. The number of rotatable bonds is 4. The Kier molecular flexibility index (Phi) is 2.17. The van der Waals surface area contributed by atoms with Crippen LogP contribution in [-0.4, -0.2) is 23.7 Å². The van der Waals surface area contributed by atoms with Gasteiger partial charge in [-0.1, -0.05) is 6.92 Å². The predicted octanol–water partition coefficient (Wildman–Crippen LogP) is 1.24. The van der Waals surface area contributed by atoms with Gasteiger partial charge in [0.25, 0.3) is 0 Å². The molecule has 3 nitrogen and oxygen atoms in total. The number of hydrogen-bond acceptors (Lipinski definition) is 2. The van der Waals surface area contributed by atoms with Gasteiger partial charge in [0.15, 0.2) is 0 Å². The van der Waals surface area contributed by atoms with Crippen LogP contribution in [0.1, 0.15) is 33.1 Å². The van der Waals surface area contributed by atoms with Crippen LogP contribution in [0.4, 0.5) is 0 Å². The van der Waals surface area contributed by atoms with Gasteiger partial charge in [0.05, 0.1) is 6.42 Å². The molecule has 1 aliphatic carbocycles. The molecule has 0 aromatic heterocycles. The average Bonchev–Trinajstić information content (AvgIpc) is 2.68. The maximum Gasteiger partial charge on any atom is 0.305 e. The second-order valence-electron chi connectivity index (χ2n) is 4.21. The van der Waals surface area contributed by atoms with E-state index in [-0.39, 0.29) is 17.4 Å². The summed E-state index contributed by atoms with van der Waals surface area (Å²) in [5.74, 6) is -0.722. The molecule has 1 unspecified atom stereocenters. The Bertz CT molecular complexity index is 199. The summed E-state index contributed by atoms with van der Waals surface area (Å²) in [6.45, 7) is 4.14. The summed E-state index contributed by atoms with van der Waals surface area (Å²) >= 11 is 0.